The average molecular weight is 359 g/mol. The third-order valence-corrected chi connectivity index (χ3v) is 7.59. The average Bonchev–Trinajstić information content (AvgIpc) is 2.71. The molecule has 2 saturated carbocycles. The molecule has 0 saturated heterocycles. The monoisotopic (exact) mass is 358 g/mol. The number of fused-ring (bicyclic) bond motifs is 1. The molecule has 4 aliphatic carbocycles. The van der Waals surface area contributed by atoms with Gasteiger partial charge in [0.05, 0.1) is 0 Å². The lowest BCUT2D eigenvalue weighted by Gasteiger charge is -2.42. The van der Waals surface area contributed by atoms with Crippen molar-refractivity contribution in [1.29, 1.82) is 0 Å². The summed E-state index contributed by atoms with van der Waals surface area (Å²) in [6.07, 6.45) is 6.88. The first-order valence-corrected chi connectivity index (χ1v) is 10.5. The van der Waals surface area contributed by atoms with Crippen LogP contribution < -0.4 is 0 Å². The minimum Gasteiger partial charge on any atom is -0.0837 e. The van der Waals surface area contributed by atoms with E-state index in [-0.39, 0.29) is 0 Å². The minimum atomic E-state index is 0.683. The molecule has 0 N–H and O–H groups in total. The molecule has 0 radical (unpaired) electrons. The van der Waals surface area contributed by atoms with Gasteiger partial charge >= 0.3 is 0 Å². The van der Waals surface area contributed by atoms with Gasteiger partial charge in [0.15, 0.2) is 0 Å². The Morgan fingerprint density at radius 2 is 1.46 bits per heavy atom. The number of halogens is 1. The zero-order valence-electron chi connectivity index (χ0n) is 14.9. The third kappa shape index (κ3) is 2.15. The van der Waals surface area contributed by atoms with Crippen LogP contribution in [0, 0.1) is 11.8 Å². The largest absolute Gasteiger partial charge is 0.0837 e. The van der Waals surface area contributed by atoms with E-state index in [4.69, 9.17) is 11.6 Å². The summed E-state index contributed by atoms with van der Waals surface area (Å²) in [5, 5.41) is 3.74. The predicted octanol–water partition coefficient (Wildman–Crippen LogP) is 7.55. The number of rotatable bonds is 0. The van der Waals surface area contributed by atoms with E-state index in [0.29, 0.717) is 11.8 Å². The van der Waals surface area contributed by atoms with Crippen molar-refractivity contribution >= 4 is 22.4 Å². The summed E-state index contributed by atoms with van der Waals surface area (Å²) in [6, 6.07) is 20.2. The summed E-state index contributed by atoms with van der Waals surface area (Å²) in [5.74, 6) is 3.14. The third-order valence-electron chi connectivity index (χ3n) is 7.27. The molecule has 1 heteroatoms. The SMILES string of the molecule is Clc1cccc2c1-c1ccc3ccccc3c1C1CC3CC(CC2C3)C1. The van der Waals surface area contributed by atoms with E-state index < -0.39 is 0 Å². The minimum absolute atomic E-state index is 0.683. The van der Waals surface area contributed by atoms with Crippen molar-refractivity contribution in [2.24, 2.45) is 11.8 Å². The van der Waals surface area contributed by atoms with Crippen LogP contribution in [-0.4, -0.2) is 0 Å². The molecule has 0 heterocycles. The van der Waals surface area contributed by atoms with Crippen LogP contribution in [0.1, 0.15) is 55.1 Å². The van der Waals surface area contributed by atoms with Gasteiger partial charge in [0.1, 0.15) is 0 Å². The van der Waals surface area contributed by atoms with Gasteiger partial charge in [-0.3, -0.25) is 0 Å². The highest BCUT2D eigenvalue weighted by molar-refractivity contribution is 6.33. The van der Waals surface area contributed by atoms with Crippen molar-refractivity contribution in [3.63, 3.8) is 0 Å². The summed E-state index contributed by atoms with van der Waals surface area (Å²) in [5.41, 5.74) is 5.82. The summed E-state index contributed by atoms with van der Waals surface area (Å²) >= 11 is 6.84. The number of hydrogen-bond donors (Lipinski definition) is 0. The van der Waals surface area contributed by atoms with E-state index in [2.05, 4.69) is 54.6 Å². The van der Waals surface area contributed by atoms with E-state index in [1.165, 1.54) is 59.6 Å². The van der Waals surface area contributed by atoms with Crippen molar-refractivity contribution in [3.05, 3.63) is 70.7 Å². The Bertz CT molecular complexity index is 1000. The van der Waals surface area contributed by atoms with Gasteiger partial charge in [0.25, 0.3) is 0 Å². The number of benzene rings is 3. The van der Waals surface area contributed by atoms with E-state index >= 15 is 0 Å². The molecule has 0 nitrogen and oxygen atoms in total. The quantitative estimate of drug-likeness (QED) is 0.389. The first kappa shape index (κ1) is 15.3. The van der Waals surface area contributed by atoms with Crippen LogP contribution >= 0.6 is 11.6 Å². The Kier molecular flexibility index (Phi) is 3.29. The van der Waals surface area contributed by atoms with E-state index in [9.17, 15) is 0 Å². The molecule has 3 aromatic carbocycles. The van der Waals surface area contributed by atoms with Crippen molar-refractivity contribution in [1.82, 2.24) is 0 Å². The van der Waals surface area contributed by atoms with Crippen molar-refractivity contribution in [3.8, 4) is 11.1 Å². The molecular formula is C25H23Cl. The lowest BCUT2D eigenvalue weighted by Crippen LogP contribution is -2.29. The Morgan fingerprint density at radius 1 is 0.692 bits per heavy atom. The molecule has 26 heavy (non-hydrogen) atoms. The molecule has 2 fully saturated rings. The first-order valence-electron chi connectivity index (χ1n) is 10.1. The fourth-order valence-corrected chi connectivity index (χ4v) is 6.74. The Labute approximate surface area is 160 Å². The second-order valence-corrected chi connectivity index (χ2v) is 9.16. The molecule has 0 aliphatic heterocycles. The Balaban J connectivity index is 1.75. The maximum Gasteiger partial charge on any atom is 0.0487 e. The number of hydrogen-bond acceptors (Lipinski definition) is 0. The lowest BCUT2D eigenvalue weighted by molar-refractivity contribution is 0.153. The Morgan fingerprint density at radius 3 is 2.31 bits per heavy atom. The van der Waals surface area contributed by atoms with Crippen LogP contribution in [-0.2, 0) is 0 Å². The predicted molar refractivity (Wildman–Crippen MR) is 110 cm³/mol. The van der Waals surface area contributed by atoms with Gasteiger partial charge in [-0.25, -0.2) is 0 Å². The van der Waals surface area contributed by atoms with Gasteiger partial charge in [-0.2, -0.15) is 0 Å². The zero-order valence-corrected chi connectivity index (χ0v) is 15.7. The van der Waals surface area contributed by atoms with Crippen LogP contribution in [0.15, 0.2) is 54.6 Å². The second-order valence-electron chi connectivity index (χ2n) is 8.76. The maximum absolute atomic E-state index is 6.84. The first-order chi connectivity index (χ1) is 12.8. The van der Waals surface area contributed by atoms with Crippen LogP contribution in [0.3, 0.4) is 0 Å². The maximum atomic E-state index is 6.84. The molecule has 0 spiro atoms. The van der Waals surface area contributed by atoms with Crippen LogP contribution in [0.5, 0.6) is 0 Å². The molecule has 3 aromatic rings. The van der Waals surface area contributed by atoms with Gasteiger partial charge in [-0.05, 0) is 89.3 Å². The fourth-order valence-electron chi connectivity index (χ4n) is 6.46. The van der Waals surface area contributed by atoms with Gasteiger partial charge in [-0.15, -0.1) is 0 Å². The van der Waals surface area contributed by atoms with Crippen molar-refractivity contribution < 1.29 is 0 Å². The molecule has 0 aromatic heterocycles. The molecule has 2 atom stereocenters. The normalized spacial score (nSPS) is 29.0. The Hall–Kier alpha value is -1.79. The van der Waals surface area contributed by atoms with Crippen LogP contribution in [0.4, 0.5) is 0 Å². The fraction of sp³-hybridized carbons (Fsp3) is 0.360. The molecule has 2 unspecified atom stereocenters. The molecule has 0 amide bonds. The standard InChI is InChI=1S/C25H23Cl/c26-23-7-3-6-21-18-11-15-10-16(12-18)14-19(13-15)24-20-5-2-1-4-17(20)8-9-22(24)25(21)23/h1-9,15-16,18-19H,10-14H2. The van der Waals surface area contributed by atoms with Crippen molar-refractivity contribution in [2.45, 2.75) is 43.9 Å². The van der Waals surface area contributed by atoms with Gasteiger partial charge in [-0.1, -0.05) is 60.1 Å². The summed E-state index contributed by atoms with van der Waals surface area (Å²) < 4.78 is 0. The van der Waals surface area contributed by atoms with Crippen molar-refractivity contribution in [2.75, 3.05) is 0 Å². The summed E-state index contributed by atoms with van der Waals surface area (Å²) in [7, 11) is 0. The highest BCUT2D eigenvalue weighted by Crippen LogP contribution is 2.57. The van der Waals surface area contributed by atoms with E-state index in [0.717, 1.165) is 16.9 Å². The molecule has 4 aliphatic rings. The highest BCUT2D eigenvalue weighted by atomic mass is 35.5. The van der Waals surface area contributed by atoms with E-state index in [1.807, 2.05) is 0 Å². The van der Waals surface area contributed by atoms with E-state index in [1.54, 1.807) is 5.56 Å². The lowest BCUT2D eigenvalue weighted by atomic mass is 9.63. The molecular weight excluding hydrogens is 336 g/mol. The zero-order chi connectivity index (χ0) is 17.3. The van der Waals surface area contributed by atoms with Gasteiger partial charge < -0.3 is 0 Å². The molecule has 4 bridgehead atoms. The summed E-state index contributed by atoms with van der Waals surface area (Å²) in [6.45, 7) is 0. The molecule has 130 valence electrons. The molecule has 7 rings (SSSR count). The summed E-state index contributed by atoms with van der Waals surface area (Å²) in [4.78, 5) is 0. The second kappa shape index (κ2) is 5.60. The van der Waals surface area contributed by atoms with Gasteiger partial charge in [0.2, 0.25) is 0 Å². The highest BCUT2D eigenvalue weighted by Gasteiger charge is 2.40. The topological polar surface area (TPSA) is 0 Å². The van der Waals surface area contributed by atoms with Gasteiger partial charge in [0, 0.05) is 10.6 Å². The van der Waals surface area contributed by atoms with Crippen LogP contribution in [0.25, 0.3) is 21.9 Å². The smallest absolute Gasteiger partial charge is 0.0487 e. The van der Waals surface area contributed by atoms with Crippen LogP contribution in [0.2, 0.25) is 5.02 Å².